The summed E-state index contributed by atoms with van der Waals surface area (Å²) < 4.78 is 27.2. The number of rotatable bonds is 4. The lowest BCUT2D eigenvalue weighted by molar-refractivity contribution is 0.0959. The van der Waals surface area contributed by atoms with Crippen molar-refractivity contribution in [2.24, 2.45) is 0 Å². The topological polar surface area (TPSA) is 70.2 Å². The molecule has 0 spiro atoms. The van der Waals surface area contributed by atoms with E-state index in [1.165, 1.54) is 0 Å². The second-order valence-corrected chi connectivity index (χ2v) is 6.68. The van der Waals surface area contributed by atoms with Crippen LogP contribution in [-0.2, 0) is 0 Å². The quantitative estimate of drug-likeness (QED) is 0.472. The Balaban J connectivity index is 1.62. The Labute approximate surface area is 174 Å². The van der Waals surface area contributed by atoms with Gasteiger partial charge in [0, 0.05) is 16.4 Å². The number of halogens is 4. The minimum absolute atomic E-state index is 0.358. The van der Waals surface area contributed by atoms with E-state index in [9.17, 15) is 18.4 Å². The van der Waals surface area contributed by atoms with E-state index in [0.29, 0.717) is 27.1 Å². The number of amides is 3. The first-order chi connectivity index (χ1) is 13.8. The van der Waals surface area contributed by atoms with Gasteiger partial charge >= 0.3 is 6.03 Å². The Hall–Kier alpha value is -3.16. The summed E-state index contributed by atoms with van der Waals surface area (Å²) in [6, 6.07) is 13.5. The van der Waals surface area contributed by atoms with Crippen LogP contribution in [0.15, 0.2) is 60.7 Å². The van der Waals surface area contributed by atoms with E-state index in [2.05, 4.69) is 10.6 Å². The van der Waals surface area contributed by atoms with Gasteiger partial charge in [-0.2, -0.15) is 0 Å². The highest BCUT2D eigenvalue weighted by Crippen LogP contribution is 2.28. The predicted molar refractivity (Wildman–Crippen MR) is 109 cm³/mol. The van der Waals surface area contributed by atoms with Gasteiger partial charge in [-0.15, -0.1) is 0 Å². The van der Waals surface area contributed by atoms with Crippen molar-refractivity contribution >= 4 is 52.2 Å². The second kappa shape index (κ2) is 8.89. The molecule has 3 aromatic rings. The molecule has 0 aliphatic carbocycles. The summed E-state index contributed by atoms with van der Waals surface area (Å²) in [7, 11) is 0. The van der Waals surface area contributed by atoms with Gasteiger partial charge in [-0.25, -0.2) is 13.6 Å². The molecule has 3 rings (SSSR count). The van der Waals surface area contributed by atoms with Gasteiger partial charge in [0.1, 0.15) is 17.2 Å². The Kier molecular flexibility index (Phi) is 6.31. The number of carbonyl (C=O) groups excluding carboxylic acids is 2. The smallest absolute Gasteiger partial charge is 0.326 e. The lowest BCUT2D eigenvalue weighted by Gasteiger charge is -2.11. The van der Waals surface area contributed by atoms with Crippen LogP contribution in [0.25, 0.3) is 0 Å². The molecule has 9 heteroatoms. The highest BCUT2D eigenvalue weighted by Gasteiger charge is 2.19. The van der Waals surface area contributed by atoms with Crippen molar-refractivity contribution in [2.45, 2.75) is 0 Å². The van der Waals surface area contributed by atoms with Crippen molar-refractivity contribution in [3.63, 3.8) is 0 Å². The molecule has 0 fully saturated rings. The molecular weight excluding hydrogens is 423 g/mol. The molecule has 29 heavy (non-hydrogen) atoms. The average molecular weight is 436 g/mol. The molecule has 0 atom stereocenters. The number of nitrogens with one attached hydrogen (secondary N) is 3. The summed E-state index contributed by atoms with van der Waals surface area (Å²) >= 11 is 12.0. The lowest BCUT2D eigenvalue weighted by atomic mass is 10.2. The van der Waals surface area contributed by atoms with Crippen LogP contribution in [0.2, 0.25) is 10.0 Å². The van der Waals surface area contributed by atoms with Crippen molar-refractivity contribution < 1.29 is 18.4 Å². The minimum atomic E-state index is -1.19. The first kappa shape index (κ1) is 20.6. The van der Waals surface area contributed by atoms with Gasteiger partial charge in [0.15, 0.2) is 0 Å². The fraction of sp³-hybridized carbons (Fsp3) is 0. The number of carbonyl (C=O) groups is 2. The molecule has 148 valence electrons. The van der Waals surface area contributed by atoms with Gasteiger partial charge in [0.25, 0.3) is 5.91 Å². The fourth-order valence-electron chi connectivity index (χ4n) is 2.43. The number of hydrogen-bond acceptors (Lipinski definition) is 3. The van der Waals surface area contributed by atoms with Gasteiger partial charge in [-0.3, -0.25) is 10.1 Å². The van der Waals surface area contributed by atoms with E-state index in [4.69, 9.17) is 23.2 Å². The average Bonchev–Trinajstić information content (AvgIpc) is 2.65. The second-order valence-electron chi connectivity index (χ2n) is 5.83. The van der Waals surface area contributed by atoms with Crippen molar-refractivity contribution in [1.82, 2.24) is 5.32 Å². The third-order valence-electron chi connectivity index (χ3n) is 3.77. The molecule has 0 aliphatic heterocycles. The summed E-state index contributed by atoms with van der Waals surface area (Å²) in [5, 5.41) is 8.33. The zero-order chi connectivity index (χ0) is 21.0. The lowest BCUT2D eigenvalue weighted by Crippen LogP contribution is -2.35. The van der Waals surface area contributed by atoms with Crippen LogP contribution >= 0.6 is 23.2 Å². The largest absolute Gasteiger partial charge is 0.354 e. The van der Waals surface area contributed by atoms with Gasteiger partial charge in [0.05, 0.1) is 10.7 Å². The van der Waals surface area contributed by atoms with E-state index in [-0.39, 0.29) is 0 Å². The maximum absolute atomic E-state index is 13.6. The van der Waals surface area contributed by atoms with Crippen molar-refractivity contribution in [3.8, 4) is 0 Å². The predicted octanol–water partition coefficient (Wildman–Crippen LogP) is 5.98. The maximum Gasteiger partial charge on any atom is 0.326 e. The molecule has 0 aliphatic rings. The van der Waals surface area contributed by atoms with Crippen LogP contribution in [0.1, 0.15) is 10.4 Å². The molecule has 0 heterocycles. The number of urea groups is 1. The Morgan fingerprint density at radius 3 is 2.07 bits per heavy atom. The first-order valence-electron chi connectivity index (χ1n) is 8.22. The summed E-state index contributed by atoms with van der Waals surface area (Å²) in [5.74, 6) is -3.31. The van der Waals surface area contributed by atoms with Crippen molar-refractivity contribution in [1.29, 1.82) is 0 Å². The van der Waals surface area contributed by atoms with Crippen LogP contribution in [0.3, 0.4) is 0 Å². The molecule has 0 bridgehead atoms. The highest BCUT2D eigenvalue weighted by atomic mass is 35.5. The molecular formula is C20H13Cl2F2N3O2. The van der Waals surface area contributed by atoms with Crippen LogP contribution in [0, 0.1) is 11.6 Å². The SMILES string of the molecule is O=C(NC(=O)c1c(F)cccc1F)Nc1ccc(Nc2ccc(Cl)cc2Cl)cc1. The van der Waals surface area contributed by atoms with Gasteiger partial charge < -0.3 is 10.6 Å². The minimum Gasteiger partial charge on any atom is -0.354 e. The maximum atomic E-state index is 13.6. The standard InChI is InChI=1S/C20H13Cl2F2N3O2/c21-11-4-9-17(14(22)10-11)25-12-5-7-13(8-6-12)26-20(29)27-19(28)18-15(23)2-1-3-16(18)24/h1-10,25H,(H2,26,27,28,29). The van der Waals surface area contributed by atoms with E-state index in [1.54, 1.807) is 42.5 Å². The molecule has 3 aromatic carbocycles. The van der Waals surface area contributed by atoms with Crippen LogP contribution in [0.4, 0.5) is 30.6 Å². The van der Waals surface area contributed by atoms with Crippen LogP contribution in [0.5, 0.6) is 0 Å². The third kappa shape index (κ3) is 5.22. The molecule has 0 saturated carbocycles. The van der Waals surface area contributed by atoms with Gasteiger partial charge in [-0.1, -0.05) is 29.3 Å². The van der Waals surface area contributed by atoms with Gasteiger partial charge in [0.2, 0.25) is 0 Å². The molecule has 0 saturated heterocycles. The molecule has 0 aromatic heterocycles. The van der Waals surface area contributed by atoms with E-state index in [1.807, 2.05) is 5.32 Å². The first-order valence-corrected chi connectivity index (χ1v) is 8.97. The molecule has 5 nitrogen and oxygen atoms in total. The number of benzene rings is 3. The number of anilines is 3. The van der Waals surface area contributed by atoms with Crippen molar-refractivity contribution in [3.05, 3.63) is 87.9 Å². The van der Waals surface area contributed by atoms with Crippen LogP contribution in [-0.4, -0.2) is 11.9 Å². The highest BCUT2D eigenvalue weighted by molar-refractivity contribution is 6.36. The van der Waals surface area contributed by atoms with Crippen molar-refractivity contribution in [2.75, 3.05) is 10.6 Å². The Morgan fingerprint density at radius 1 is 0.828 bits per heavy atom. The van der Waals surface area contributed by atoms with Gasteiger partial charge in [-0.05, 0) is 54.6 Å². The molecule has 3 N–H and O–H groups in total. The van der Waals surface area contributed by atoms with E-state index < -0.39 is 29.1 Å². The third-order valence-corrected chi connectivity index (χ3v) is 4.32. The van der Waals surface area contributed by atoms with E-state index >= 15 is 0 Å². The number of imide groups is 1. The zero-order valence-corrected chi connectivity index (χ0v) is 16.1. The Bertz CT molecular complexity index is 1060. The monoisotopic (exact) mass is 435 g/mol. The van der Waals surface area contributed by atoms with Crippen LogP contribution < -0.4 is 16.0 Å². The molecule has 3 amide bonds. The summed E-state index contributed by atoms with van der Waals surface area (Å²) in [6.07, 6.45) is 0. The Morgan fingerprint density at radius 2 is 1.45 bits per heavy atom. The summed E-state index contributed by atoms with van der Waals surface area (Å²) in [6.45, 7) is 0. The van der Waals surface area contributed by atoms with E-state index in [0.717, 1.165) is 18.2 Å². The number of hydrogen-bond donors (Lipinski definition) is 3. The summed E-state index contributed by atoms with van der Waals surface area (Å²) in [4.78, 5) is 23.9. The zero-order valence-electron chi connectivity index (χ0n) is 14.6. The normalized spacial score (nSPS) is 10.3. The fourth-order valence-corrected chi connectivity index (χ4v) is 2.88. The molecule has 0 unspecified atom stereocenters. The molecule has 0 radical (unpaired) electrons. The summed E-state index contributed by atoms with van der Waals surface area (Å²) in [5.41, 5.74) is 0.857.